The van der Waals surface area contributed by atoms with E-state index in [1.807, 2.05) is 113 Å². The molecule has 9 heteroatoms. The van der Waals surface area contributed by atoms with E-state index in [1.54, 1.807) is 22.2 Å². The number of hydrogen-bond acceptors (Lipinski definition) is 6. The number of rotatable bonds is 13. The Kier molecular flexibility index (Phi) is 11.2. The number of carbonyl (C=O) groups is 2. The number of amides is 3. The zero-order valence-corrected chi connectivity index (χ0v) is 28.4. The monoisotopic (exact) mass is 648 g/mol. The Morgan fingerprint density at radius 2 is 1.56 bits per heavy atom. The third-order valence-corrected chi connectivity index (χ3v) is 8.94. The van der Waals surface area contributed by atoms with E-state index >= 15 is 0 Å². The molecule has 1 fully saturated rings. The Hall–Kier alpha value is -4.60. The molecule has 3 amide bonds. The highest BCUT2D eigenvalue weighted by Gasteiger charge is 2.44. The van der Waals surface area contributed by atoms with Crippen LogP contribution in [-0.2, 0) is 24.2 Å². The van der Waals surface area contributed by atoms with Crippen LogP contribution in [-0.4, -0.2) is 74.1 Å². The van der Waals surface area contributed by atoms with Gasteiger partial charge in [0, 0.05) is 43.3 Å². The molecule has 1 aliphatic rings. The first-order valence-electron chi connectivity index (χ1n) is 16.7. The van der Waals surface area contributed by atoms with Gasteiger partial charge >= 0.3 is 6.03 Å². The summed E-state index contributed by atoms with van der Waals surface area (Å²) in [5.74, 6) is -0.236. The molecule has 0 bridgehead atoms. The Bertz CT molecular complexity index is 1640. The Labute approximate surface area is 284 Å². The average Bonchev–Trinajstić information content (AvgIpc) is 3.40. The summed E-state index contributed by atoms with van der Waals surface area (Å²) < 4.78 is 0. The molecule has 0 aliphatic carbocycles. The van der Waals surface area contributed by atoms with Crippen molar-refractivity contribution in [1.82, 2.24) is 25.1 Å². The van der Waals surface area contributed by atoms with Gasteiger partial charge in [0.2, 0.25) is 5.91 Å². The lowest BCUT2D eigenvalue weighted by Crippen LogP contribution is -2.57. The highest BCUT2D eigenvalue weighted by atomic mass is 16.3. The van der Waals surface area contributed by atoms with E-state index in [0.29, 0.717) is 32.5 Å². The minimum atomic E-state index is -0.863. The van der Waals surface area contributed by atoms with E-state index in [-0.39, 0.29) is 18.4 Å². The molecule has 0 radical (unpaired) electrons. The molecule has 48 heavy (non-hydrogen) atoms. The van der Waals surface area contributed by atoms with Crippen molar-refractivity contribution in [1.29, 1.82) is 0 Å². The molecular weight excluding hydrogens is 600 g/mol. The number of benzene rings is 2. The number of pyridine rings is 2. The van der Waals surface area contributed by atoms with Gasteiger partial charge in [-0.25, -0.2) is 4.79 Å². The molecule has 1 unspecified atom stereocenters. The number of aryl methyl sites for hydroxylation is 1. The van der Waals surface area contributed by atoms with E-state index < -0.39 is 29.6 Å². The van der Waals surface area contributed by atoms with Gasteiger partial charge in [0.25, 0.3) is 0 Å². The van der Waals surface area contributed by atoms with Gasteiger partial charge in [-0.2, -0.15) is 0 Å². The van der Waals surface area contributed by atoms with Crippen LogP contribution in [0.25, 0.3) is 11.1 Å². The fraction of sp³-hybridized carbons (Fsp3) is 0.385. The van der Waals surface area contributed by atoms with Crippen molar-refractivity contribution in [2.45, 2.75) is 77.7 Å². The summed E-state index contributed by atoms with van der Waals surface area (Å²) in [4.78, 5) is 39.9. The van der Waals surface area contributed by atoms with Crippen molar-refractivity contribution in [3.63, 3.8) is 0 Å². The quantitative estimate of drug-likeness (QED) is 0.184. The fourth-order valence-corrected chi connectivity index (χ4v) is 6.50. The van der Waals surface area contributed by atoms with Crippen LogP contribution in [0.3, 0.4) is 0 Å². The summed E-state index contributed by atoms with van der Waals surface area (Å²) in [7, 11) is 0. The van der Waals surface area contributed by atoms with Crippen LogP contribution in [0, 0.1) is 12.3 Å². The van der Waals surface area contributed by atoms with Crippen LogP contribution in [0.15, 0.2) is 97.3 Å². The lowest BCUT2D eigenvalue weighted by Gasteiger charge is -2.37. The summed E-state index contributed by atoms with van der Waals surface area (Å²) in [6, 6.07) is 26.0. The first-order valence-corrected chi connectivity index (χ1v) is 16.7. The second kappa shape index (κ2) is 15.5. The van der Waals surface area contributed by atoms with Gasteiger partial charge in [-0.15, -0.1) is 0 Å². The van der Waals surface area contributed by atoms with E-state index in [4.69, 9.17) is 5.73 Å². The first-order chi connectivity index (χ1) is 23.0. The van der Waals surface area contributed by atoms with Crippen molar-refractivity contribution in [2.75, 3.05) is 13.1 Å². The number of carbonyl (C=O) groups excluding carboxylic acids is 2. The van der Waals surface area contributed by atoms with Crippen LogP contribution < -0.4 is 11.1 Å². The molecule has 1 aliphatic heterocycles. The number of nitrogens with one attached hydrogen (secondary N) is 1. The normalized spacial score (nSPS) is 16.0. The molecule has 4 atom stereocenters. The topological polar surface area (TPSA) is 125 Å². The lowest BCUT2D eigenvalue weighted by atomic mass is 9.84. The third kappa shape index (κ3) is 9.05. The second-order valence-corrected chi connectivity index (χ2v) is 13.9. The number of hydrogen-bond donors (Lipinski definition) is 3. The van der Waals surface area contributed by atoms with Crippen molar-refractivity contribution in [3.8, 4) is 11.1 Å². The Balaban J connectivity index is 1.27. The van der Waals surface area contributed by atoms with Crippen LogP contribution in [0.1, 0.15) is 49.7 Å². The number of nitrogens with zero attached hydrogens (tertiary/aromatic N) is 4. The highest BCUT2D eigenvalue weighted by molar-refractivity contribution is 5.89. The van der Waals surface area contributed by atoms with Gasteiger partial charge in [0.05, 0.1) is 18.3 Å². The highest BCUT2D eigenvalue weighted by Crippen LogP contribution is 2.29. The summed E-state index contributed by atoms with van der Waals surface area (Å²) in [5.41, 5.74) is 12.0. The average molecular weight is 649 g/mol. The molecule has 2 aromatic carbocycles. The molecule has 0 spiro atoms. The van der Waals surface area contributed by atoms with Crippen molar-refractivity contribution >= 4 is 11.9 Å². The molecule has 4 aromatic rings. The van der Waals surface area contributed by atoms with Gasteiger partial charge in [-0.3, -0.25) is 14.8 Å². The van der Waals surface area contributed by atoms with Crippen LogP contribution in [0.4, 0.5) is 4.79 Å². The fourth-order valence-electron chi connectivity index (χ4n) is 6.50. The number of aromatic nitrogens is 2. The molecule has 252 valence electrons. The zero-order valence-electron chi connectivity index (χ0n) is 28.4. The first kappa shape index (κ1) is 34.7. The maximum atomic E-state index is 14.2. The third-order valence-electron chi connectivity index (χ3n) is 8.94. The molecule has 2 aromatic heterocycles. The van der Waals surface area contributed by atoms with Gasteiger partial charge < -0.3 is 26.0 Å². The van der Waals surface area contributed by atoms with Crippen LogP contribution in [0.2, 0.25) is 0 Å². The zero-order chi connectivity index (χ0) is 34.3. The summed E-state index contributed by atoms with van der Waals surface area (Å²) >= 11 is 0. The van der Waals surface area contributed by atoms with Crippen LogP contribution in [0.5, 0.6) is 0 Å². The van der Waals surface area contributed by atoms with Crippen molar-refractivity contribution < 1.29 is 14.7 Å². The minimum absolute atomic E-state index is 0.176. The molecule has 1 saturated heterocycles. The van der Waals surface area contributed by atoms with Gasteiger partial charge in [0.1, 0.15) is 6.04 Å². The van der Waals surface area contributed by atoms with Gasteiger partial charge in [-0.05, 0) is 78.1 Å². The molecule has 3 heterocycles. The maximum Gasteiger partial charge on any atom is 0.321 e. The Morgan fingerprint density at radius 1 is 0.896 bits per heavy atom. The second-order valence-electron chi connectivity index (χ2n) is 13.9. The van der Waals surface area contributed by atoms with E-state index in [9.17, 15) is 14.7 Å². The summed E-state index contributed by atoms with van der Waals surface area (Å²) in [6.07, 6.45) is 3.96. The molecule has 9 nitrogen and oxygen atoms in total. The summed E-state index contributed by atoms with van der Waals surface area (Å²) in [5, 5.41) is 14.6. The molecular formula is C39H48N6O3. The predicted octanol–water partition coefficient (Wildman–Crippen LogP) is 5.15. The number of aliphatic hydroxyl groups is 1. The van der Waals surface area contributed by atoms with Gasteiger partial charge in [0.15, 0.2) is 0 Å². The van der Waals surface area contributed by atoms with E-state index in [0.717, 1.165) is 33.6 Å². The molecule has 4 N–H and O–H groups in total. The Morgan fingerprint density at radius 3 is 2.23 bits per heavy atom. The largest absolute Gasteiger partial charge is 0.391 e. The number of aliphatic hydroxyl groups excluding tert-OH is 1. The predicted molar refractivity (Wildman–Crippen MR) is 189 cm³/mol. The van der Waals surface area contributed by atoms with Crippen molar-refractivity contribution in [3.05, 3.63) is 120 Å². The van der Waals surface area contributed by atoms with E-state index in [2.05, 4.69) is 15.3 Å². The lowest BCUT2D eigenvalue weighted by molar-refractivity contribution is -0.129. The number of nitrogens with two attached hydrogens (primary N) is 1. The smallest absolute Gasteiger partial charge is 0.321 e. The minimum Gasteiger partial charge on any atom is -0.391 e. The van der Waals surface area contributed by atoms with Crippen molar-refractivity contribution in [2.24, 2.45) is 11.1 Å². The summed E-state index contributed by atoms with van der Waals surface area (Å²) in [6.45, 7) is 9.21. The SMILES string of the molecule is Cc1cccc(CN2CCN(C(C(=O)N[C@@H](Cc3ccccc3)C[C@H](O)[C@@H](N)Cc3ccc(-c4ccncc4)cc3)C(C)(C)C)C2=O)n1. The molecule has 0 saturated carbocycles. The standard InChI is InChI=1S/C39H48N6O3/c1-27-9-8-12-32(42-27)26-44-21-22-45(38(44)48)36(39(2,3)4)37(47)43-33(23-28-10-6-5-7-11-28)25-35(46)34(40)24-29-13-15-30(16-14-29)31-17-19-41-20-18-31/h5-20,33-36,46H,21-26,40H2,1-4H3,(H,43,47)/t33-,34-,35-,36?/m0/s1. The van der Waals surface area contributed by atoms with E-state index in [1.165, 1.54) is 0 Å². The van der Waals surface area contributed by atoms with Crippen LogP contribution >= 0.6 is 0 Å². The maximum absolute atomic E-state index is 14.2. The molecule has 5 rings (SSSR count). The number of urea groups is 1. The van der Waals surface area contributed by atoms with Gasteiger partial charge in [-0.1, -0.05) is 81.4 Å².